The molecule has 1 heteroatoms. The van der Waals surface area contributed by atoms with Gasteiger partial charge < -0.3 is 0 Å². The molecule has 0 saturated carbocycles. The minimum atomic E-state index is 0.186. The molecule has 0 amide bonds. The summed E-state index contributed by atoms with van der Waals surface area (Å²) in [4.78, 5) is 12.0. The predicted octanol–water partition coefficient (Wildman–Crippen LogP) is 3.95. The molecule has 2 aromatic rings. The van der Waals surface area contributed by atoms with Crippen molar-refractivity contribution >= 4 is 11.9 Å². The van der Waals surface area contributed by atoms with Crippen molar-refractivity contribution in [1.82, 2.24) is 0 Å². The van der Waals surface area contributed by atoms with Crippen LogP contribution < -0.4 is 0 Å². The monoisotopic (exact) mass is 220 g/mol. The van der Waals surface area contributed by atoms with Gasteiger partial charge in [0.15, 0.2) is 5.78 Å². The summed E-state index contributed by atoms with van der Waals surface area (Å²) in [5.74, 6) is 0.186. The Kier molecular flexibility index (Phi) is 2.37. The fourth-order valence-corrected chi connectivity index (χ4v) is 2.25. The highest BCUT2D eigenvalue weighted by Gasteiger charge is 2.14. The zero-order valence-electron chi connectivity index (χ0n) is 9.39. The largest absolute Gasteiger partial charge is 0.294 e. The Morgan fingerprint density at radius 1 is 0.765 bits per heavy atom. The lowest BCUT2D eigenvalue weighted by Crippen LogP contribution is -2.02. The van der Waals surface area contributed by atoms with Crippen LogP contribution in [0.15, 0.2) is 54.6 Å². The number of fused-ring (bicyclic) bond motifs is 3. The Morgan fingerprint density at radius 3 is 2.24 bits per heavy atom. The molecular weight excluding hydrogens is 208 g/mol. The molecule has 2 aromatic carbocycles. The SMILES string of the molecule is O=C1CC=Cc2ccccc2-c2ccccc21. The molecule has 0 heterocycles. The third-order valence-electron chi connectivity index (χ3n) is 3.08. The number of rotatable bonds is 0. The fraction of sp³-hybridized carbons (Fsp3) is 0.0625. The van der Waals surface area contributed by atoms with Gasteiger partial charge in [0.25, 0.3) is 0 Å². The summed E-state index contributed by atoms with van der Waals surface area (Å²) < 4.78 is 0. The molecule has 0 atom stereocenters. The molecule has 82 valence electrons. The van der Waals surface area contributed by atoms with Gasteiger partial charge in [-0.2, -0.15) is 0 Å². The third-order valence-corrected chi connectivity index (χ3v) is 3.08. The van der Waals surface area contributed by atoms with Crippen molar-refractivity contribution in [2.75, 3.05) is 0 Å². The van der Waals surface area contributed by atoms with Crippen LogP contribution in [0.1, 0.15) is 22.3 Å². The zero-order valence-corrected chi connectivity index (χ0v) is 9.39. The van der Waals surface area contributed by atoms with Crippen LogP contribution in [0.5, 0.6) is 0 Å². The van der Waals surface area contributed by atoms with Gasteiger partial charge in [-0.05, 0) is 16.7 Å². The lowest BCUT2D eigenvalue weighted by Gasteiger charge is -2.13. The van der Waals surface area contributed by atoms with E-state index in [4.69, 9.17) is 0 Å². The van der Waals surface area contributed by atoms with E-state index in [1.54, 1.807) is 0 Å². The average molecular weight is 220 g/mol. The molecule has 0 radical (unpaired) electrons. The number of Topliss-reactive ketones (excluding diaryl/α,β-unsaturated/α-hetero) is 1. The van der Waals surface area contributed by atoms with Crippen LogP contribution >= 0.6 is 0 Å². The van der Waals surface area contributed by atoms with Gasteiger partial charge in [0.2, 0.25) is 0 Å². The van der Waals surface area contributed by atoms with Gasteiger partial charge in [0.05, 0.1) is 0 Å². The van der Waals surface area contributed by atoms with E-state index in [1.807, 2.05) is 48.6 Å². The number of allylic oxidation sites excluding steroid dienone is 1. The number of carbonyl (C=O) groups excluding carboxylic acids is 1. The molecule has 0 fully saturated rings. The minimum absolute atomic E-state index is 0.186. The molecule has 0 bridgehead atoms. The Labute approximate surface area is 100 Å². The number of hydrogen-bond donors (Lipinski definition) is 0. The summed E-state index contributed by atoms with van der Waals surface area (Å²) in [6, 6.07) is 16.0. The second-order valence-electron chi connectivity index (χ2n) is 4.16. The predicted molar refractivity (Wildman–Crippen MR) is 69.9 cm³/mol. The van der Waals surface area contributed by atoms with E-state index in [9.17, 15) is 4.79 Å². The van der Waals surface area contributed by atoms with E-state index in [2.05, 4.69) is 12.1 Å². The van der Waals surface area contributed by atoms with Crippen molar-refractivity contribution in [2.45, 2.75) is 6.42 Å². The number of ketones is 1. The Hall–Kier alpha value is -2.15. The molecule has 0 unspecified atom stereocenters. The highest BCUT2D eigenvalue weighted by Crippen LogP contribution is 2.30. The van der Waals surface area contributed by atoms with Gasteiger partial charge in [0, 0.05) is 12.0 Å². The number of benzene rings is 2. The molecule has 0 aliphatic heterocycles. The zero-order chi connectivity index (χ0) is 11.7. The quantitative estimate of drug-likeness (QED) is 0.657. The molecule has 1 aliphatic rings. The first-order chi connectivity index (χ1) is 8.36. The Bertz CT molecular complexity index is 608. The lowest BCUT2D eigenvalue weighted by atomic mass is 9.90. The van der Waals surface area contributed by atoms with Crippen molar-refractivity contribution in [3.63, 3.8) is 0 Å². The van der Waals surface area contributed by atoms with Crippen LogP contribution in [0.25, 0.3) is 17.2 Å². The maximum atomic E-state index is 12.0. The third kappa shape index (κ3) is 1.70. The lowest BCUT2D eigenvalue weighted by molar-refractivity contribution is 0.0996. The normalized spacial score (nSPS) is 13.5. The van der Waals surface area contributed by atoms with Crippen LogP contribution in [-0.4, -0.2) is 5.78 Å². The minimum Gasteiger partial charge on any atom is -0.294 e. The van der Waals surface area contributed by atoms with Crippen molar-refractivity contribution in [1.29, 1.82) is 0 Å². The van der Waals surface area contributed by atoms with Gasteiger partial charge in [-0.15, -0.1) is 0 Å². The maximum absolute atomic E-state index is 12.0. The fourth-order valence-electron chi connectivity index (χ4n) is 2.25. The summed E-state index contributed by atoms with van der Waals surface area (Å²) >= 11 is 0. The van der Waals surface area contributed by atoms with Crippen LogP contribution in [0.3, 0.4) is 0 Å². The van der Waals surface area contributed by atoms with Gasteiger partial charge in [-0.3, -0.25) is 4.79 Å². The summed E-state index contributed by atoms with van der Waals surface area (Å²) in [5.41, 5.74) is 4.17. The standard InChI is InChI=1S/C16H12O/c17-16-11-5-7-12-6-1-2-8-13(12)14-9-3-4-10-15(14)16/h1-10H,11H2. The van der Waals surface area contributed by atoms with E-state index in [1.165, 1.54) is 5.56 Å². The first-order valence-electron chi connectivity index (χ1n) is 5.74. The average Bonchev–Trinajstić information content (AvgIpc) is 2.37. The molecule has 0 N–H and O–H groups in total. The first kappa shape index (κ1) is 10.0. The van der Waals surface area contributed by atoms with Crippen LogP contribution in [0, 0.1) is 0 Å². The van der Waals surface area contributed by atoms with Crippen molar-refractivity contribution in [2.24, 2.45) is 0 Å². The van der Waals surface area contributed by atoms with Gasteiger partial charge in [-0.25, -0.2) is 0 Å². The molecule has 0 saturated heterocycles. The van der Waals surface area contributed by atoms with Crippen molar-refractivity contribution in [3.05, 3.63) is 65.7 Å². The highest BCUT2D eigenvalue weighted by atomic mass is 16.1. The molecule has 17 heavy (non-hydrogen) atoms. The van der Waals surface area contributed by atoms with Crippen LogP contribution in [0.4, 0.5) is 0 Å². The van der Waals surface area contributed by atoms with E-state index in [0.29, 0.717) is 6.42 Å². The summed E-state index contributed by atoms with van der Waals surface area (Å²) in [6.45, 7) is 0. The number of hydrogen-bond acceptors (Lipinski definition) is 1. The Morgan fingerprint density at radius 2 is 1.41 bits per heavy atom. The summed E-state index contributed by atoms with van der Waals surface area (Å²) in [7, 11) is 0. The van der Waals surface area contributed by atoms with Crippen molar-refractivity contribution in [3.8, 4) is 11.1 Å². The highest BCUT2D eigenvalue weighted by molar-refractivity contribution is 6.04. The second kappa shape index (κ2) is 4.02. The Balaban J connectivity index is 2.34. The topological polar surface area (TPSA) is 17.1 Å². The first-order valence-corrected chi connectivity index (χ1v) is 5.74. The number of carbonyl (C=O) groups is 1. The van der Waals surface area contributed by atoms with Gasteiger partial charge in [0.1, 0.15) is 0 Å². The van der Waals surface area contributed by atoms with E-state index < -0.39 is 0 Å². The molecule has 1 nitrogen and oxygen atoms in total. The van der Waals surface area contributed by atoms with Gasteiger partial charge in [-0.1, -0.05) is 60.7 Å². The maximum Gasteiger partial charge on any atom is 0.167 e. The van der Waals surface area contributed by atoms with Crippen LogP contribution in [0.2, 0.25) is 0 Å². The second-order valence-corrected chi connectivity index (χ2v) is 4.16. The van der Waals surface area contributed by atoms with Crippen molar-refractivity contribution < 1.29 is 4.79 Å². The van der Waals surface area contributed by atoms with Crippen LogP contribution in [-0.2, 0) is 0 Å². The smallest absolute Gasteiger partial charge is 0.167 e. The van der Waals surface area contributed by atoms with E-state index in [-0.39, 0.29) is 5.78 Å². The molecule has 0 aromatic heterocycles. The molecule has 3 rings (SSSR count). The molecule has 0 spiro atoms. The molecule has 1 aliphatic carbocycles. The van der Waals surface area contributed by atoms with E-state index >= 15 is 0 Å². The summed E-state index contributed by atoms with van der Waals surface area (Å²) in [6.07, 6.45) is 4.45. The van der Waals surface area contributed by atoms with E-state index in [0.717, 1.165) is 16.7 Å². The molecular formula is C16H12O. The van der Waals surface area contributed by atoms with Gasteiger partial charge >= 0.3 is 0 Å². The summed E-state index contributed by atoms with van der Waals surface area (Å²) in [5, 5.41) is 0.